The predicted octanol–water partition coefficient (Wildman–Crippen LogP) is 3.32. The van der Waals surface area contributed by atoms with Crippen LogP contribution in [0.2, 0.25) is 0 Å². The summed E-state index contributed by atoms with van der Waals surface area (Å²) in [6.45, 7) is -2.25. The van der Waals surface area contributed by atoms with Gasteiger partial charge >= 0.3 is 0 Å². The maximum absolute atomic E-state index is 12.6. The maximum Gasteiger partial charge on any atom is 0.273 e. The molecule has 0 saturated heterocycles. The standard InChI is InChI=1S/C20H22N6O2S/c1-21-20(27)18-17(25-19-16(29-3)5-4-10-22-19)15(12-24-26-18)23-11-13-6-8-14(28-2)9-7-13/h4-10,12H,11H2,1-3H3,(H,21,27)(H,23,26)(H,22,24,25)/i1D3. The molecule has 3 rings (SSSR count). The molecule has 0 aliphatic heterocycles. The summed E-state index contributed by atoms with van der Waals surface area (Å²) >= 11 is 1.47. The molecule has 2 aromatic heterocycles. The van der Waals surface area contributed by atoms with E-state index in [0.717, 1.165) is 16.2 Å². The first-order valence-electron chi connectivity index (χ1n) is 10.1. The van der Waals surface area contributed by atoms with E-state index in [4.69, 9.17) is 8.85 Å². The molecule has 0 fully saturated rings. The van der Waals surface area contributed by atoms with Crippen LogP contribution in [0.3, 0.4) is 0 Å². The third kappa shape index (κ3) is 4.94. The lowest BCUT2D eigenvalue weighted by atomic mass is 10.2. The summed E-state index contributed by atoms with van der Waals surface area (Å²) in [5.74, 6) is 0.364. The topological polar surface area (TPSA) is 101 Å². The molecule has 0 aliphatic rings. The van der Waals surface area contributed by atoms with Crippen molar-refractivity contribution in [3.63, 3.8) is 0 Å². The summed E-state index contributed by atoms with van der Waals surface area (Å²) < 4.78 is 27.2. The molecule has 29 heavy (non-hydrogen) atoms. The first-order chi connectivity index (χ1) is 15.3. The number of rotatable bonds is 8. The number of anilines is 3. The third-order valence-corrected chi connectivity index (χ3v) is 4.82. The smallest absolute Gasteiger partial charge is 0.273 e. The number of methoxy groups -OCH3 is 1. The van der Waals surface area contributed by atoms with Crippen molar-refractivity contribution in [1.29, 1.82) is 0 Å². The molecule has 0 spiro atoms. The van der Waals surface area contributed by atoms with E-state index in [0.29, 0.717) is 18.1 Å². The fourth-order valence-electron chi connectivity index (χ4n) is 2.57. The van der Waals surface area contributed by atoms with Crippen LogP contribution in [-0.2, 0) is 6.54 Å². The van der Waals surface area contributed by atoms with Gasteiger partial charge in [0.1, 0.15) is 11.6 Å². The molecule has 1 aromatic carbocycles. The first kappa shape index (κ1) is 16.6. The van der Waals surface area contributed by atoms with Gasteiger partial charge in [0.15, 0.2) is 5.69 Å². The van der Waals surface area contributed by atoms with Crippen molar-refractivity contribution in [3.8, 4) is 5.75 Å². The number of thioether (sulfide) groups is 1. The van der Waals surface area contributed by atoms with Crippen LogP contribution in [0.5, 0.6) is 5.75 Å². The van der Waals surface area contributed by atoms with Crippen molar-refractivity contribution in [2.75, 3.05) is 31.0 Å². The van der Waals surface area contributed by atoms with Crippen LogP contribution in [0, 0.1) is 0 Å². The van der Waals surface area contributed by atoms with Gasteiger partial charge in [-0.25, -0.2) is 4.98 Å². The summed E-state index contributed by atoms with van der Waals surface area (Å²) in [6, 6.07) is 11.2. The average molecular weight is 414 g/mol. The minimum absolute atomic E-state index is 0.168. The molecule has 8 nitrogen and oxygen atoms in total. The lowest BCUT2D eigenvalue weighted by molar-refractivity contribution is 0.0958. The molecular formula is C20H22N6O2S. The number of pyridine rings is 1. The van der Waals surface area contributed by atoms with Gasteiger partial charge in [-0.05, 0) is 36.1 Å². The SMILES string of the molecule is [2H]C([2H])([2H])NC(=O)c1nncc(NCc2ccc(OC)cc2)c1Nc1ncccc1SC. The summed E-state index contributed by atoms with van der Waals surface area (Å²) in [5.41, 5.74) is 1.52. The molecular weight excluding hydrogens is 388 g/mol. The number of ether oxygens (including phenoxy) is 1. The Balaban J connectivity index is 1.95. The Morgan fingerprint density at radius 3 is 2.83 bits per heavy atom. The molecule has 2 heterocycles. The van der Waals surface area contributed by atoms with Crippen LogP contribution in [0.1, 0.15) is 20.2 Å². The number of carbonyl (C=O) groups excluding carboxylic acids is 1. The van der Waals surface area contributed by atoms with E-state index in [1.165, 1.54) is 18.0 Å². The Bertz CT molecular complexity index is 1080. The van der Waals surface area contributed by atoms with Gasteiger partial charge in [0.25, 0.3) is 5.91 Å². The number of benzene rings is 1. The molecule has 0 radical (unpaired) electrons. The summed E-state index contributed by atoms with van der Waals surface area (Å²) in [5, 5.41) is 16.1. The van der Waals surface area contributed by atoms with E-state index in [9.17, 15) is 4.79 Å². The molecule has 0 unspecified atom stereocenters. The lowest BCUT2D eigenvalue weighted by Gasteiger charge is -2.16. The number of nitrogens with zero attached hydrogens (tertiary/aromatic N) is 3. The molecule has 9 heteroatoms. The van der Waals surface area contributed by atoms with Crippen molar-refractivity contribution in [1.82, 2.24) is 20.5 Å². The van der Waals surface area contributed by atoms with Crippen LogP contribution in [0.4, 0.5) is 17.2 Å². The average Bonchev–Trinajstić information content (AvgIpc) is 2.77. The highest BCUT2D eigenvalue weighted by molar-refractivity contribution is 7.98. The van der Waals surface area contributed by atoms with Crippen molar-refractivity contribution in [2.45, 2.75) is 11.4 Å². The molecule has 0 bridgehead atoms. The monoisotopic (exact) mass is 413 g/mol. The quantitative estimate of drug-likeness (QED) is 0.484. The third-order valence-electron chi connectivity index (χ3n) is 4.06. The van der Waals surface area contributed by atoms with Gasteiger partial charge in [-0.2, -0.15) is 5.10 Å². The van der Waals surface area contributed by atoms with Gasteiger partial charge in [0.05, 0.1) is 24.7 Å². The maximum atomic E-state index is 12.6. The zero-order chi connectivity index (χ0) is 23.1. The first-order valence-corrected chi connectivity index (χ1v) is 9.84. The molecule has 0 saturated carbocycles. The molecule has 0 atom stereocenters. The minimum atomic E-state index is -2.67. The normalized spacial score (nSPS) is 12.3. The second-order valence-electron chi connectivity index (χ2n) is 5.82. The Labute approximate surface area is 177 Å². The molecule has 1 amide bonds. The van der Waals surface area contributed by atoms with Gasteiger partial charge < -0.3 is 20.7 Å². The van der Waals surface area contributed by atoms with E-state index in [1.807, 2.05) is 41.9 Å². The lowest BCUT2D eigenvalue weighted by Crippen LogP contribution is -2.22. The highest BCUT2D eigenvalue weighted by atomic mass is 32.2. The van der Waals surface area contributed by atoms with E-state index in [1.54, 1.807) is 19.4 Å². The fraction of sp³-hybridized carbons (Fsp3) is 0.200. The Hall–Kier alpha value is -3.33. The fourth-order valence-corrected chi connectivity index (χ4v) is 3.09. The number of amides is 1. The van der Waals surface area contributed by atoms with Gasteiger partial charge in [0, 0.05) is 28.7 Å². The van der Waals surface area contributed by atoms with Gasteiger partial charge in [-0.15, -0.1) is 16.9 Å². The second-order valence-corrected chi connectivity index (χ2v) is 6.66. The van der Waals surface area contributed by atoms with Crippen molar-refractivity contribution in [3.05, 3.63) is 60.0 Å². The Kier molecular flexibility index (Phi) is 5.58. The number of aromatic nitrogens is 3. The Morgan fingerprint density at radius 2 is 2.10 bits per heavy atom. The van der Waals surface area contributed by atoms with Crippen LogP contribution in [0.15, 0.2) is 53.7 Å². The van der Waals surface area contributed by atoms with E-state index in [-0.39, 0.29) is 11.4 Å². The summed E-state index contributed by atoms with van der Waals surface area (Å²) in [7, 11) is 1.60. The highest BCUT2D eigenvalue weighted by Crippen LogP contribution is 2.31. The predicted molar refractivity (Wildman–Crippen MR) is 115 cm³/mol. The van der Waals surface area contributed by atoms with E-state index >= 15 is 0 Å². The minimum Gasteiger partial charge on any atom is -0.497 e. The number of hydrogen-bond acceptors (Lipinski definition) is 8. The van der Waals surface area contributed by atoms with Gasteiger partial charge in [0.2, 0.25) is 0 Å². The van der Waals surface area contributed by atoms with Crippen LogP contribution in [-0.4, -0.2) is 41.4 Å². The van der Waals surface area contributed by atoms with E-state index in [2.05, 4.69) is 25.8 Å². The second kappa shape index (κ2) is 9.74. The van der Waals surface area contributed by atoms with Gasteiger partial charge in [-0.1, -0.05) is 12.1 Å². The van der Waals surface area contributed by atoms with Crippen LogP contribution in [0.25, 0.3) is 0 Å². The zero-order valence-corrected chi connectivity index (χ0v) is 16.7. The molecule has 3 aromatic rings. The molecule has 150 valence electrons. The van der Waals surface area contributed by atoms with E-state index < -0.39 is 12.9 Å². The summed E-state index contributed by atoms with van der Waals surface area (Å²) in [6.07, 6.45) is 4.97. The van der Waals surface area contributed by atoms with Crippen molar-refractivity contribution < 1.29 is 13.6 Å². The summed E-state index contributed by atoms with van der Waals surface area (Å²) in [4.78, 5) is 17.8. The number of nitrogens with one attached hydrogen (secondary N) is 3. The van der Waals surface area contributed by atoms with Crippen LogP contribution < -0.4 is 20.7 Å². The highest BCUT2D eigenvalue weighted by Gasteiger charge is 2.18. The largest absolute Gasteiger partial charge is 0.497 e. The Morgan fingerprint density at radius 1 is 1.28 bits per heavy atom. The van der Waals surface area contributed by atoms with Gasteiger partial charge in [-0.3, -0.25) is 4.79 Å². The molecule has 0 aliphatic carbocycles. The van der Waals surface area contributed by atoms with Crippen LogP contribution >= 0.6 is 11.8 Å². The number of carbonyl (C=O) groups is 1. The number of hydrogen-bond donors (Lipinski definition) is 3. The van der Waals surface area contributed by atoms with Crippen molar-refractivity contribution >= 4 is 34.9 Å². The molecule has 3 N–H and O–H groups in total. The zero-order valence-electron chi connectivity index (χ0n) is 18.9. The van der Waals surface area contributed by atoms with Crippen molar-refractivity contribution in [2.24, 2.45) is 0 Å².